The van der Waals surface area contributed by atoms with Crippen molar-refractivity contribution in [1.82, 2.24) is 0 Å². The van der Waals surface area contributed by atoms with E-state index < -0.39 is 6.10 Å². The first-order chi connectivity index (χ1) is 31.6. The highest BCUT2D eigenvalue weighted by Crippen LogP contribution is 2.14. The van der Waals surface area contributed by atoms with Crippen molar-refractivity contribution in [3.63, 3.8) is 0 Å². The van der Waals surface area contributed by atoms with Crippen LogP contribution in [0.4, 0.5) is 0 Å². The monoisotopic (exact) mass is 895 g/mol. The molecule has 0 amide bonds. The van der Waals surface area contributed by atoms with Crippen molar-refractivity contribution >= 4 is 11.9 Å². The van der Waals surface area contributed by atoms with Crippen LogP contribution in [0.3, 0.4) is 0 Å². The number of hydrogen-bond donors (Lipinski definition) is 0. The number of carbonyl (C=O) groups is 2. The van der Waals surface area contributed by atoms with Gasteiger partial charge in [-0.05, 0) is 103 Å². The number of hydrogen-bond acceptors (Lipinski definition) is 5. The molecule has 0 aromatic carbocycles. The quantitative estimate of drug-likeness (QED) is 0.0346. The number of carbonyl (C=O) groups excluding carboxylic acids is 2. The van der Waals surface area contributed by atoms with E-state index in [4.69, 9.17) is 14.2 Å². The van der Waals surface area contributed by atoms with Crippen molar-refractivity contribution in [2.75, 3.05) is 19.8 Å². The number of esters is 2. The third-order valence-electron chi connectivity index (χ3n) is 12.0. The first-order valence-electron chi connectivity index (χ1n) is 27.8. The van der Waals surface area contributed by atoms with Gasteiger partial charge in [-0.3, -0.25) is 9.59 Å². The summed E-state index contributed by atoms with van der Waals surface area (Å²) in [5.74, 6) is -0.411. The summed E-state index contributed by atoms with van der Waals surface area (Å²) in [4.78, 5) is 25.5. The van der Waals surface area contributed by atoms with Crippen molar-refractivity contribution in [3.05, 3.63) is 60.8 Å². The van der Waals surface area contributed by atoms with Crippen LogP contribution in [0.1, 0.15) is 278 Å². The minimum Gasteiger partial charge on any atom is -0.462 e. The molecule has 0 rings (SSSR count). The second-order valence-electron chi connectivity index (χ2n) is 18.4. The lowest BCUT2D eigenvalue weighted by atomic mass is 10.1. The Kier molecular flexibility index (Phi) is 52.9. The van der Waals surface area contributed by atoms with Crippen LogP contribution in [-0.4, -0.2) is 37.9 Å². The topological polar surface area (TPSA) is 61.8 Å². The smallest absolute Gasteiger partial charge is 0.306 e. The van der Waals surface area contributed by atoms with Gasteiger partial charge in [0.15, 0.2) is 6.10 Å². The Hall–Kier alpha value is -2.40. The van der Waals surface area contributed by atoms with E-state index in [-0.39, 0.29) is 25.2 Å². The first kappa shape index (κ1) is 61.6. The highest BCUT2D eigenvalue weighted by molar-refractivity contribution is 5.70. The summed E-state index contributed by atoms with van der Waals surface area (Å²) in [6, 6.07) is 0. The highest BCUT2D eigenvalue weighted by Gasteiger charge is 2.17. The molecule has 0 aromatic heterocycles. The van der Waals surface area contributed by atoms with E-state index >= 15 is 0 Å². The van der Waals surface area contributed by atoms with Crippen LogP contribution in [0, 0.1) is 0 Å². The van der Waals surface area contributed by atoms with E-state index in [1.54, 1.807) is 0 Å². The average Bonchev–Trinajstić information content (AvgIpc) is 3.30. The average molecular weight is 895 g/mol. The number of unbranched alkanes of at least 4 members (excludes halogenated alkanes) is 30. The van der Waals surface area contributed by atoms with Crippen LogP contribution in [-0.2, 0) is 23.8 Å². The summed E-state index contributed by atoms with van der Waals surface area (Å²) < 4.78 is 17.4. The van der Waals surface area contributed by atoms with Gasteiger partial charge in [-0.2, -0.15) is 0 Å². The van der Waals surface area contributed by atoms with E-state index in [9.17, 15) is 9.59 Å². The van der Waals surface area contributed by atoms with Crippen LogP contribution >= 0.6 is 0 Å². The summed E-state index contributed by atoms with van der Waals surface area (Å²) in [5.41, 5.74) is 0. The Bertz CT molecular complexity index is 1100. The Balaban J connectivity index is 4.29. The molecule has 0 saturated carbocycles. The zero-order valence-electron chi connectivity index (χ0n) is 42.8. The maximum absolute atomic E-state index is 12.8. The predicted molar refractivity (Wildman–Crippen MR) is 279 cm³/mol. The first-order valence-corrected chi connectivity index (χ1v) is 27.8. The third kappa shape index (κ3) is 52.2. The summed E-state index contributed by atoms with van der Waals surface area (Å²) in [6.45, 7) is 7.70. The van der Waals surface area contributed by atoms with Crippen LogP contribution in [0.15, 0.2) is 60.8 Å². The molecule has 0 aliphatic carbocycles. The molecular weight excluding hydrogens is 789 g/mol. The zero-order chi connectivity index (χ0) is 46.3. The Morgan fingerprint density at radius 1 is 0.359 bits per heavy atom. The maximum Gasteiger partial charge on any atom is 0.306 e. The van der Waals surface area contributed by atoms with Gasteiger partial charge in [0, 0.05) is 19.4 Å². The van der Waals surface area contributed by atoms with Crippen molar-refractivity contribution in [2.45, 2.75) is 284 Å². The van der Waals surface area contributed by atoms with E-state index in [0.29, 0.717) is 19.4 Å². The third-order valence-corrected chi connectivity index (χ3v) is 12.0. The molecule has 64 heavy (non-hydrogen) atoms. The molecule has 0 spiro atoms. The summed E-state index contributed by atoms with van der Waals surface area (Å²) >= 11 is 0. The van der Waals surface area contributed by atoms with Gasteiger partial charge >= 0.3 is 11.9 Å². The molecule has 0 aromatic rings. The Labute approximate surface area is 398 Å². The van der Waals surface area contributed by atoms with Gasteiger partial charge in [-0.15, -0.1) is 0 Å². The number of allylic oxidation sites excluding steroid dienone is 10. The van der Waals surface area contributed by atoms with Gasteiger partial charge in [0.25, 0.3) is 0 Å². The molecule has 1 unspecified atom stereocenters. The van der Waals surface area contributed by atoms with Crippen LogP contribution in [0.25, 0.3) is 0 Å². The number of rotatable bonds is 51. The molecule has 372 valence electrons. The molecule has 0 N–H and O–H groups in total. The van der Waals surface area contributed by atoms with Gasteiger partial charge in [0.05, 0.1) is 6.61 Å². The molecule has 0 aliphatic rings. The molecular formula is C59H106O5. The van der Waals surface area contributed by atoms with Gasteiger partial charge in [0.1, 0.15) is 6.61 Å². The fourth-order valence-electron chi connectivity index (χ4n) is 7.87. The molecule has 0 radical (unpaired) electrons. The van der Waals surface area contributed by atoms with E-state index in [0.717, 1.165) is 77.0 Å². The fraction of sp³-hybridized carbons (Fsp3) is 0.797. The second-order valence-corrected chi connectivity index (χ2v) is 18.4. The summed E-state index contributed by atoms with van der Waals surface area (Å²) in [6.07, 6.45) is 69.5. The summed E-state index contributed by atoms with van der Waals surface area (Å²) in [5, 5.41) is 0. The van der Waals surface area contributed by atoms with Crippen molar-refractivity contribution in [1.29, 1.82) is 0 Å². The minimum absolute atomic E-state index is 0.0748. The molecule has 0 aliphatic heterocycles. The van der Waals surface area contributed by atoms with Gasteiger partial charge in [-0.1, -0.05) is 223 Å². The van der Waals surface area contributed by atoms with E-state index in [1.165, 1.54) is 167 Å². The molecule has 1 atom stereocenters. The molecule has 0 bridgehead atoms. The van der Waals surface area contributed by atoms with Gasteiger partial charge < -0.3 is 14.2 Å². The minimum atomic E-state index is -0.550. The molecule has 5 nitrogen and oxygen atoms in total. The van der Waals surface area contributed by atoms with E-state index in [2.05, 4.69) is 81.5 Å². The van der Waals surface area contributed by atoms with Gasteiger partial charge in [0.2, 0.25) is 0 Å². The second kappa shape index (κ2) is 54.9. The maximum atomic E-state index is 12.8. The van der Waals surface area contributed by atoms with Crippen molar-refractivity contribution < 1.29 is 23.8 Å². The van der Waals surface area contributed by atoms with Crippen LogP contribution < -0.4 is 0 Å². The normalized spacial score (nSPS) is 12.6. The summed E-state index contributed by atoms with van der Waals surface area (Å²) in [7, 11) is 0. The molecule has 5 heteroatoms. The van der Waals surface area contributed by atoms with Gasteiger partial charge in [-0.25, -0.2) is 0 Å². The predicted octanol–water partition coefficient (Wildman–Crippen LogP) is 18.9. The lowest BCUT2D eigenvalue weighted by molar-refractivity contribution is -0.163. The lowest BCUT2D eigenvalue weighted by Crippen LogP contribution is -2.30. The standard InChI is InChI=1S/C59H106O5/c1-4-7-10-13-16-19-22-25-28-30-32-34-37-40-43-46-49-52-58(60)63-56-57(55-62-54-51-48-45-42-39-36-33-29-26-23-20-17-14-11-8-5-2)64-59(61)53-50-47-44-41-38-35-31-27-24-21-18-15-12-9-6-3/h8,11,17,20,25-29,31,57H,4-7,9-10,12-16,18-19,21-24,30,32-56H2,1-3H3/b11-8-,20-17-,28-25-,29-26-,31-27-. The Morgan fingerprint density at radius 2 is 0.703 bits per heavy atom. The molecule has 0 saturated heterocycles. The molecule has 0 heterocycles. The Morgan fingerprint density at radius 3 is 1.14 bits per heavy atom. The lowest BCUT2D eigenvalue weighted by Gasteiger charge is -2.18. The van der Waals surface area contributed by atoms with Crippen LogP contribution in [0.2, 0.25) is 0 Å². The van der Waals surface area contributed by atoms with E-state index in [1.807, 2.05) is 0 Å². The van der Waals surface area contributed by atoms with Crippen molar-refractivity contribution in [2.24, 2.45) is 0 Å². The highest BCUT2D eigenvalue weighted by atomic mass is 16.6. The van der Waals surface area contributed by atoms with Crippen molar-refractivity contribution in [3.8, 4) is 0 Å². The largest absolute Gasteiger partial charge is 0.462 e. The number of ether oxygens (including phenoxy) is 3. The SMILES string of the molecule is CC/C=C\C/C=C\C/C=C\CCCCCCCCOCC(COC(=O)CCCCCCCCC/C=C\CCCCCCCC)OC(=O)CCCCCCC/C=C\CCCCCCCC. The van der Waals surface area contributed by atoms with Crippen LogP contribution in [0.5, 0.6) is 0 Å². The fourth-order valence-corrected chi connectivity index (χ4v) is 7.87. The zero-order valence-corrected chi connectivity index (χ0v) is 42.8. The molecule has 0 fully saturated rings.